The summed E-state index contributed by atoms with van der Waals surface area (Å²) in [7, 11) is -3.18. The number of sulfonamides is 1. The van der Waals surface area contributed by atoms with E-state index in [4.69, 9.17) is 5.73 Å². The molecule has 1 amide bonds. The number of nitrogens with zero attached hydrogens (tertiary/aromatic N) is 1. The molecule has 0 spiro atoms. The van der Waals surface area contributed by atoms with Crippen LogP contribution in [0, 0.1) is 5.92 Å². The van der Waals surface area contributed by atoms with Gasteiger partial charge in [0.2, 0.25) is 15.9 Å². The van der Waals surface area contributed by atoms with E-state index in [0.717, 1.165) is 30.6 Å². The highest BCUT2D eigenvalue weighted by Crippen LogP contribution is 2.23. The minimum absolute atomic E-state index is 0.0768. The van der Waals surface area contributed by atoms with Crippen LogP contribution in [0.3, 0.4) is 0 Å². The number of primary amides is 1. The molecule has 3 N–H and O–H groups in total. The van der Waals surface area contributed by atoms with Gasteiger partial charge in [-0.3, -0.25) is 4.79 Å². The standard InChI is InChI=1S/C15H23N3O3S/c1-2-22(20,21)17-10-12-5-7-14(8-6-12)18-9-3-4-13(11-18)15(16)19/h5-8,13,17H,2-4,9-11H2,1H3,(H2,16,19). The van der Waals surface area contributed by atoms with Gasteiger partial charge in [-0.05, 0) is 37.5 Å². The van der Waals surface area contributed by atoms with Crippen LogP contribution < -0.4 is 15.4 Å². The molecule has 1 aromatic rings. The quantitative estimate of drug-likeness (QED) is 0.810. The number of benzene rings is 1. The lowest BCUT2D eigenvalue weighted by Crippen LogP contribution is -2.41. The van der Waals surface area contributed by atoms with Crippen LogP contribution >= 0.6 is 0 Å². The van der Waals surface area contributed by atoms with E-state index in [1.54, 1.807) is 6.92 Å². The third-order valence-electron chi connectivity index (χ3n) is 4.00. The van der Waals surface area contributed by atoms with Crippen molar-refractivity contribution in [1.29, 1.82) is 0 Å². The molecule has 0 aliphatic carbocycles. The fraction of sp³-hybridized carbons (Fsp3) is 0.533. The molecule has 22 heavy (non-hydrogen) atoms. The summed E-state index contributed by atoms with van der Waals surface area (Å²) in [4.78, 5) is 13.5. The van der Waals surface area contributed by atoms with Gasteiger partial charge in [-0.15, -0.1) is 0 Å². The van der Waals surface area contributed by atoms with Gasteiger partial charge in [0.15, 0.2) is 0 Å². The number of nitrogens with two attached hydrogens (primary N) is 1. The van der Waals surface area contributed by atoms with Crippen LogP contribution in [0.4, 0.5) is 5.69 Å². The molecule has 0 aromatic heterocycles. The highest BCUT2D eigenvalue weighted by atomic mass is 32.2. The van der Waals surface area contributed by atoms with Crippen molar-refractivity contribution in [2.24, 2.45) is 11.7 Å². The second-order valence-corrected chi connectivity index (χ2v) is 7.67. The molecule has 7 heteroatoms. The van der Waals surface area contributed by atoms with E-state index >= 15 is 0 Å². The first-order valence-corrected chi connectivity index (χ1v) is 9.17. The first-order valence-electron chi connectivity index (χ1n) is 7.52. The maximum absolute atomic E-state index is 11.4. The van der Waals surface area contributed by atoms with Gasteiger partial charge in [-0.25, -0.2) is 13.1 Å². The van der Waals surface area contributed by atoms with Gasteiger partial charge < -0.3 is 10.6 Å². The SMILES string of the molecule is CCS(=O)(=O)NCc1ccc(N2CCCC(C(N)=O)C2)cc1. The molecule has 1 aliphatic heterocycles. The van der Waals surface area contributed by atoms with Crippen molar-refractivity contribution in [3.63, 3.8) is 0 Å². The third kappa shape index (κ3) is 4.45. The van der Waals surface area contributed by atoms with Gasteiger partial charge in [0.25, 0.3) is 0 Å². The number of carbonyl (C=O) groups is 1. The van der Waals surface area contributed by atoms with Crippen molar-refractivity contribution in [3.05, 3.63) is 29.8 Å². The molecule has 1 fully saturated rings. The molecular weight excluding hydrogens is 302 g/mol. The number of anilines is 1. The number of piperidine rings is 1. The van der Waals surface area contributed by atoms with Crippen LogP contribution in [-0.2, 0) is 21.4 Å². The van der Waals surface area contributed by atoms with Gasteiger partial charge in [0.1, 0.15) is 0 Å². The summed E-state index contributed by atoms with van der Waals surface area (Å²) in [5.41, 5.74) is 7.34. The van der Waals surface area contributed by atoms with Gasteiger partial charge in [0.05, 0.1) is 11.7 Å². The topological polar surface area (TPSA) is 92.5 Å². The molecule has 1 saturated heterocycles. The van der Waals surface area contributed by atoms with Crippen molar-refractivity contribution in [2.75, 3.05) is 23.7 Å². The number of nitrogens with one attached hydrogen (secondary N) is 1. The Morgan fingerprint density at radius 1 is 1.36 bits per heavy atom. The monoisotopic (exact) mass is 325 g/mol. The van der Waals surface area contributed by atoms with Crippen molar-refractivity contribution in [1.82, 2.24) is 4.72 Å². The third-order valence-corrected chi connectivity index (χ3v) is 5.35. The number of carbonyl (C=O) groups excluding carboxylic acids is 1. The van der Waals surface area contributed by atoms with Crippen LogP contribution in [0.1, 0.15) is 25.3 Å². The minimum Gasteiger partial charge on any atom is -0.371 e. The van der Waals surface area contributed by atoms with E-state index in [-0.39, 0.29) is 17.6 Å². The Bertz CT molecular complexity index is 613. The van der Waals surface area contributed by atoms with Crippen molar-refractivity contribution >= 4 is 21.6 Å². The van der Waals surface area contributed by atoms with E-state index in [0.29, 0.717) is 13.1 Å². The zero-order chi connectivity index (χ0) is 16.2. The lowest BCUT2D eigenvalue weighted by Gasteiger charge is -2.33. The molecule has 1 heterocycles. The number of rotatable bonds is 6. The first-order chi connectivity index (χ1) is 10.4. The summed E-state index contributed by atoms with van der Waals surface area (Å²) < 4.78 is 25.4. The summed E-state index contributed by atoms with van der Waals surface area (Å²) in [6.45, 7) is 3.46. The lowest BCUT2D eigenvalue weighted by atomic mass is 9.97. The average molecular weight is 325 g/mol. The number of hydrogen-bond acceptors (Lipinski definition) is 4. The Balaban J connectivity index is 1.98. The number of hydrogen-bond donors (Lipinski definition) is 2. The van der Waals surface area contributed by atoms with Crippen LogP contribution in [0.2, 0.25) is 0 Å². The molecule has 122 valence electrons. The fourth-order valence-electron chi connectivity index (χ4n) is 2.56. The summed E-state index contributed by atoms with van der Waals surface area (Å²) in [5.74, 6) is -0.257. The van der Waals surface area contributed by atoms with Crippen LogP contribution in [0.25, 0.3) is 0 Å². The normalized spacial score (nSPS) is 19.1. The van der Waals surface area contributed by atoms with Crippen molar-refractivity contribution < 1.29 is 13.2 Å². The first kappa shape index (κ1) is 16.8. The molecule has 0 radical (unpaired) electrons. The molecule has 1 aromatic carbocycles. The molecule has 0 bridgehead atoms. The Kier molecular flexibility index (Phi) is 5.42. The molecular formula is C15H23N3O3S. The zero-order valence-electron chi connectivity index (χ0n) is 12.8. The van der Waals surface area contributed by atoms with Crippen molar-refractivity contribution in [3.8, 4) is 0 Å². The Hall–Kier alpha value is -1.60. The summed E-state index contributed by atoms with van der Waals surface area (Å²) in [6.07, 6.45) is 1.80. The van der Waals surface area contributed by atoms with E-state index in [2.05, 4.69) is 9.62 Å². The van der Waals surface area contributed by atoms with Gasteiger partial charge >= 0.3 is 0 Å². The van der Waals surface area contributed by atoms with Gasteiger partial charge in [0, 0.05) is 25.3 Å². The van der Waals surface area contributed by atoms with Crippen molar-refractivity contribution in [2.45, 2.75) is 26.3 Å². The molecule has 1 atom stereocenters. The van der Waals surface area contributed by atoms with Gasteiger partial charge in [-0.2, -0.15) is 0 Å². The molecule has 2 rings (SSSR count). The van der Waals surface area contributed by atoms with E-state index in [1.165, 1.54) is 0 Å². The smallest absolute Gasteiger partial charge is 0.222 e. The highest BCUT2D eigenvalue weighted by molar-refractivity contribution is 7.89. The maximum Gasteiger partial charge on any atom is 0.222 e. The van der Waals surface area contributed by atoms with E-state index < -0.39 is 10.0 Å². The maximum atomic E-state index is 11.4. The minimum atomic E-state index is -3.18. The van der Waals surface area contributed by atoms with Gasteiger partial charge in [-0.1, -0.05) is 12.1 Å². The number of amides is 1. The zero-order valence-corrected chi connectivity index (χ0v) is 13.6. The Labute approximate surface area is 131 Å². The highest BCUT2D eigenvalue weighted by Gasteiger charge is 2.24. The summed E-state index contributed by atoms with van der Waals surface area (Å²) >= 11 is 0. The van der Waals surface area contributed by atoms with Crippen LogP contribution in [0.15, 0.2) is 24.3 Å². The predicted molar refractivity (Wildman–Crippen MR) is 86.9 cm³/mol. The molecule has 1 unspecified atom stereocenters. The Morgan fingerprint density at radius 3 is 2.64 bits per heavy atom. The summed E-state index contributed by atoms with van der Waals surface area (Å²) in [5, 5.41) is 0. The molecule has 1 aliphatic rings. The second-order valence-electron chi connectivity index (χ2n) is 5.58. The fourth-order valence-corrected chi connectivity index (χ4v) is 3.15. The summed E-state index contributed by atoms with van der Waals surface area (Å²) in [6, 6.07) is 7.72. The molecule has 6 nitrogen and oxygen atoms in total. The largest absolute Gasteiger partial charge is 0.371 e. The van der Waals surface area contributed by atoms with E-state index in [9.17, 15) is 13.2 Å². The van der Waals surface area contributed by atoms with Crippen LogP contribution in [-0.4, -0.2) is 33.2 Å². The van der Waals surface area contributed by atoms with Crippen LogP contribution in [0.5, 0.6) is 0 Å². The Morgan fingerprint density at radius 2 is 2.05 bits per heavy atom. The average Bonchev–Trinajstić information content (AvgIpc) is 2.53. The predicted octanol–water partition coefficient (Wildman–Crippen LogP) is 0.828. The second kappa shape index (κ2) is 7.11. The molecule has 0 saturated carbocycles. The lowest BCUT2D eigenvalue weighted by molar-refractivity contribution is -0.122. The van der Waals surface area contributed by atoms with E-state index in [1.807, 2.05) is 24.3 Å².